The first kappa shape index (κ1) is 19.1. The fourth-order valence-corrected chi connectivity index (χ4v) is 3.69. The van der Waals surface area contributed by atoms with E-state index in [4.69, 9.17) is 4.74 Å². The Morgan fingerprint density at radius 1 is 1.22 bits per heavy atom. The average molecular weight is 378 g/mol. The van der Waals surface area contributed by atoms with Gasteiger partial charge in [0.25, 0.3) is 0 Å². The number of carbonyl (C=O) groups excluding carboxylic acids is 1. The summed E-state index contributed by atoms with van der Waals surface area (Å²) in [6.07, 6.45) is 4.17. The number of rotatable bonds is 4. The average Bonchev–Trinajstić information content (AvgIpc) is 2.68. The van der Waals surface area contributed by atoms with Crippen molar-refractivity contribution in [3.05, 3.63) is 16.4 Å². The SMILES string of the molecule is CCOC(=O)N1CCN(c2ncnc(N3CCCCC3C)c2[N+](=O)[O-])CC1. The molecule has 1 atom stereocenters. The zero-order valence-electron chi connectivity index (χ0n) is 15.8. The summed E-state index contributed by atoms with van der Waals surface area (Å²) in [5.41, 5.74) is -0.0455. The van der Waals surface area contributed by atoms with Crippen molar-refractivity contribution in [2.45, 2.75) is 39.2 Å². The van der Waals surface area contributed by atoms with Gasteiger partial charge in [-0.2, -0.15) is 0 Å². The molecule has 2 aliphatic rings. The van der Waals surface area contributed by atoms with Crippen molar-refractivity contribution in [2.24, 2.45) is 0 Å². The van der Waals surface area contributed by atoms with Gasteiger partial charge in [0.05, 0.1) is 11.5 Å². The van der Waals surface area contributed by atoms with Gasteiger partial charge in [0, 0.05) is 38.8 Å². The van der Waals surface area contributed by atoms with Crippen LogP contribution in [0.25, 0.3) is 0 Å². The Hall–Kier alpha value is -2.65. The summed E-state index contributed by atoms with van der Waals surface area (Å²) in [4.78, 5) is 37.3. The molecule has 0 radical (unpaired) electrons. The summed E-state index contributed by atoms with van der Waals surface area (Å²) >= 11 is 0. The molecule has 10 nitrogen and oxygen atoms in total. The number of hydrogen-bond acceptors (Lipinski definition) is 8. The van der Waals surface area contributed by atoms with Crippen molar-refractivity contribution in [2.75, 3.05) is 49.1 Å². The number of carbonyl (C=O) groups is 1. The summed E-state index contributed by atoms with van der Waals surface area (Å²) in [5.74, 6) is 0.719. The Morgan fingerprint density at radius 3 is 2.56 bits per heavy atom. The zero-order valence-corrected chi connectivity index (χ0v) is 15.8. The molecule has 3 heterocycles. The molecule has 2 fully saturated rings. The molecule has 148 valence electrons. The fraction of sp³-hybridized carbons (Fsp3) is 0.706. The molecule has 0 bridgehead atoms. The van der Waals surface area contributed by atoms with Gasteiger partial charge in [-0.15, -0.1) is 0 Å². The second-order valence-corrected chi connectivity index (χ2v) is 6.84. The third kappa shape index (κ3) is 4.04. The van der Waals surface area contributed by atoms with Crippen molar-refractivity contribution in [1.82, 2.24) is 14.9 Å². The van der Waals surface area contributed by atoms with Gasteiger partial charge in [0.1, 0.15) is 6.33 Å². The van der Waals surface area contributed by atoms with E-state index in [9.17, 15) is 14.9 Å². The van der Waals surface area contributed by atoms with Crippen molar-refractivity contribution in [3.63, 3.8) is 0 Å². The van der Waals surface area contributed by atoms with Crippen LogP contribution in [0.3, 0.4) is 0 Å². The Balaban J connectivity index is 1.83. The predicted octanol–water partition coefficient (Wildman–Crippen LogP) is 2.04. The molecular weight excluding hydrogens is 352 g/mol. The van der Waals surface area contributed by atoms with Crippen molar-refractivity contribution in [1.29, 1.82) is 0 Å². The van der Waals surface area contributed by atoms with Crippen LogP contribution >= 0.6 is 0 Å². The minimum atomic E-state index is -0.385. The van der Waals surface area contributed by atoms with Gasteiger partial charge in [-0.05, 0) is 33.1 Å². The minimum absolute atomic E-state index is 0.0455. The number of nitrogens with zero attached hydrogens (tertiary/aromatic N) is 6. The highest BCUT2D eigenvalue weighted by atomic mass is 16.6. The first-order valence-corrected chi connectivity index (χ1v) is 9.45. The van der Waals surface area contributed by atoms with Gasteiger partial charge in [-0.1, -0.05) is 0 Å². The van der Waals surface area contributed by atoms with E-state index in [1.54, 1.807) is 11.8 Å². The maximum Gasteiger partial charge on any atom is 0.409 e. The first-order chi connectivity index (χ1) is 13.0. The summed E-state index contributed by atoms with van der Waals surface area (Å²) in [5, 5.41) is 11.9. The number of hydrogen-bond donors (Lipinski definition) is 0. The monoisotopic (exact) mass is 378 g/mol. The van der Waals surface area contributed by atoms with Gasteiger partial charge in [-0.25, -0.2) is 14.8 Å². The summed E-state index contributed by atoms with van der Waals surface area (Å²) in [6, 6.07) is 0.209. The smallest absolute Gasteiger partial charge is 0.409 e. The van der Waals surface area contributed by atoms with Crippen LogP contribution in [-0.2, 0) is 4.74 Å². The molecule has 2 saturated heterocycles. The summed E-state index contributed by atoms with van der Waals surface area (Å²) in [7, 11) is 0. The Morgan fingerprint density at radius 2 is 1.93 bits per heavy atom. The minimum Gasteiger partial charge on any atom is -0.450 e. The second kappa shape index (κ2) is 8.36. The highest BCUT2D eigenvalue weighted by Gasteiger charge is 2.34. The normalized spacial score (nSPS) is 20.5. The lowest BCUT2D eigenvalue weighted by Gasteiger charge is -2.36. The number of piperazine rings is 1. The fourth-order valence-electron chi connectivity index (χ4n) is 3.69. The molecule has 1 unspecified atom stereocenters. The highest BCUT2D eigenvalue weighted by molar-refractivity contribution is 5.72. The Labute approximate surface area is 158 Å². The molecular formula is C17H26N6O4. The Kier molecular flexibility index (Phi) is 5.92. The first-order valence-electron chi connectivity index (χ1n) is 9.45. The van der Waals surface area contributed by atoms with Crippen molar-refractivity contribution >= 4 is 23.4 Å². The predicted molar refractivity (Wildman–Crippen MR) is 100 cm³/mol. The van der Waals surface area contributed by atoms with Gasteiger partial charge in [0.15, 0.2) is 0 Å². The quantitative estimate of drug-likeness (QED) is 0.579. The third-order valence-corrected chi connectivity index (χ3v) is 5.15. The molecule has 0 aliphatic carbocycles. The van der Waals surface area contributed by atoms with Crippen LogP contribution in [0.5, 0.6) is 0 Å². The maximum atomic E-state index is 11.9. The van der Waals surface area contributed by atoms with Crippen LogP contribution in [0, 0.1) is 10.1 Å². The second-order valence-electron chi connectivity index (χ2n) is 6.84. The topological polar surface area (TPSA) is 105 Å². The van der Waals surface area contributed by atoms with E-state index in [0.717, 1.165) is 25.8 Å². The number of piperidine rings is 1. The van der Waals surface area contributed by atoms with E-state index in [1.807, 2.05) is 9.80 Å². The standard InChI is InChI=1S/C17H26N6O4/c1-3-27-17(24)21-10-8-20(9-11-21)15-14(23(25)26)16(19-12-18-15)22-7-5-4-6-13(22)2/h12-13H,3-11H2,1-2H3. The van der Waals surface area contributed by atoms with Gasteiger partial charge in [-0.3, -0.25) is 10.1 Å². The lowest BCUT2D eigenvalue weighted by molar-refractivity contribution is -0.383. The van der Waals surface area contributed by atoms with Crippen LogP contribution in [0.2, 0.25) is 0 Å². The number of amides is 1. The lowest BCUT2D eigenvalue weighted by Crippen LogP contribution is -2.49. The van der Waals surface area contributed by atoms with Crippen molar-refractivity contribution < 1.29 is 14.5 Å². The molecule has 1 aromatic rings. The van der Waals surface area contributed by atoms with E-state index < -0.39 is 0 Å². The molecule has 0 spiro atoms. The van der Waals surface area contributed by atoms with Crippen molar-refractivity contribution in [3.8, 4) is 0 Å². The van der Waals surface area contributed by atoms with Crippen LogP contribution in [-0.4, -0.2) is 71.3 Å². The van der Waals surface area contributed by atoms with Gasteiger partial charge in [0.2, 0.25) is 11.6 Å². The molecule has 0 saturated carbocycles. The largest absolute Gasteiger partial charge is 0.450 e. The molecule has 0 N–H and O–H groups in total. The van der Waals surface area contributed by atoms with Gasteiger partial charge >= 0.3 is 11.8 Å². The molecule has 3 rings (SSSR count). The van der Waals surface area contributed by atoms with Crippen LogP contribution in [0.15, 0.2) is 6.33 Å². The highest BCUT2D eigenvalue weighted by Crippen LogP contribution is 2.37. The number of ether oxygens (including phenoxy) is 1. The molecule has 0 aromatic carbocycles. The molecule has 1 aromatic heterocycles. The molecule has 2 aliphatic heterocycles. The molecule has 27 heavy (non-hydrogen) atoms. The Bertz CT molecular complexity index is 692. The van der Waals surface area contributed by atoms with Gasteiger partial charge < -0.3 is 19.4 Å². The van der Waals surface area contributed by atoms with E-state index >= 15 is 0 Å². The lowest BCUT2D eigenvalue weighted by atomic mass is 10.0. The number of anilines is 2. The number of aromatic nitrogens is 2. The van der Waals surface area contributed by atoms with E-state index in [2.05, 4.69) is 16.9 Å². The molecule has 10 heteroatoms. The van der Waals surface area contributed by atoms with E-state index in [1.165, 1.54) is 6.33 Å². The number of nitro groups is 1. The van der Waals surface area contributed by atoms with Crippen LogP contribution < -0.4 is 9.80 Å². The van der Waals surface area contributed by atoms with Crippen LogP contribution in [0.1, 0.15) is 33.1 Å². The maximum absolute atomic E-state index is 11.9. The van der Waals surface area contributed by atoms with E-state index in [-0.39, 0.29) is 22.7 Å². The third-order valence-electron chi connectivity index (χ3n) is 5.15. The summed E-state index contributed by atoms with van der Waals surface area (Å²) < 4.78 is 5.02. The zero-order chi connectivity index (χ0) is 19.4. The van der Waals surface area contributed by atoms with Crippen LogP contribution in [0.4, 0.5) is 22.1 Å². The molecule has 1 amide bonds. The van der Waals surface area contributed by atoms with E-state index in [0.29, 0.717) is 44.4 Å². The summed E-state index contributed by atoms with van der Waals surface area (Å²) in [6.45, 7) is 6.73.